The third-order valence-corrected chi connectivity index (χ3v) is 4.44. The van der Waals surface area contributed by atoms with Gasteiger partial charge in [-0.2, -0.15) is 0 Å². The van der Waals surface area contributed by atoms with Gasteiger partial charge in [0.1, 0.15) is 5.75 Å². The number of ether oxygens (including phenoxy) is 1. The van der Waals surface area contributed by atoms with Crippen LogP contribution < -0.4 is 10.1 Å². The summed E-state index contributed by atoms with van der Waals surface area (Å²) in [5, 5.41) is 11.8. The zero-order valence-electron chi connectivity index (χ0n) is 16.4. The van der Waals surface area contributed by atoms with Gasteiger partial charge in [-0.1, -0.05) is 32.0 Å². The first kappa shape index (κ1) is 21.2. The molecule has 0 aliphatic heterocycles. The van der Waals surface area contributed by atoms with E-state index in [0.717, 1.165) is 36.5 Å². The Morgan fingerprint density at radius 2 is 1.86 bits per heavy atom. The van der Waals surface area contributed by atoms with Gasteiger partial charge in [-0.25, -0.2) is 4.79 Å². The van der Waals surface area contributed by atoms with Gasteiger partial charge in [-0.15, -0.1) is 0 Å². The number of nitrogens with zero attached hydrogens (tertiary/aromatic N) is 1. The van der Waals surface area contributed by atoms with Crippen molar-refractivity contribution in [1.29, 1.82) is 0 Å². The number of para-hydroxylation sites is 1. The minimum atomic E-state index is -1.09. The molecule has 0 aliphatic carbocycles. The van der Waals surface area contributed by atoms with Crippen molar-refractivity contribution in [3.05, 3.63) is 65.2 Å². The number of anilines is 1. The highest BCUT2D eigenvalue weighted by Crippen LogP contribution is 2.22. The molecule has 28 heavy (non-hydrogen) atoms. The van der Waals surface area contributed by atoms with Crippen LogP contribution in [0.5, 0.6) is 5.75 Å². The molecular formula is C22H26N2O4. The van der Waals surface area contributed by atoms with Gasteiger partial charge >= 0.3 is 5.97 Å². The minimum absolute atomic E-state index is 0.0511. The molecule has 2 rings (SSSR count). The summed E-state index contributed by atoms with van der Waals surface area (Å²) in [4.78, 5) is 25.7. The second kappa shape index (κ2) is 10.3. The molecule has 0 fully saturated rings. The highest BCUT2D eigenvalue weighted by atomic mass is 16.5. The third kappa shape index (κ3) is 5.69. The molecule has 0 aromatic heterocycles. The molecule has 148 valence electrons. The number of benzene rings is 2. The molecule has 0 heterocycles. The molecule has 0 saturated carbocycles. The summed E-state index contributed by atoms with van der Waals surface area (Å²) in [7, 11) is 1.64. The van der Waals surface area contributed by atoms with Crippen LogP contribution in [0.2, 0.25) is 0 Å². The maximum Gasteiger partial charge on any atom is 0.337 e. The van der Waals surface area contributed by atoms with Crippen LogP contribution in [0, 0.1) is 0 Å². The molecule has 6 nitrogen and oxygen atoms in total. The zero-order valence-corrected chi connectivity index (χ0v) is 16.4. The lowest BCUT2D eigenvalue weighted by Crippen LogP contribution is -2.22. The molecular weight excluding hydrogens is 356 g/mol. The van der Waals surface area contributed by atoms with Crippen LogP contribution in [0.25, 0.3) is 6.08 Å². The monoisotopic (exact) mass is 382 g/mol. The molecule has 0 unspecified atom stereocenters. The van der Waals surface area contributed by atoms with E-state index in [-0.39, 0.29) is 11.3 Å². The third-order valence-electron chi connectivity index (χ3n) is 4.44. The van der Waals surface area contributed by atoms with Crippen molar-refractivity contribution >= 4 is 23.6 Å². The van der Waals surface area contributed by atoms with Crippen LogP contribution in [0.1, 0.15) is 35.3 Å². The molecule has 1 amide bonds. The lowest BCUT2D eigenvalue weighted by Gasteiger charge is -2.20. The van der Waals surface area contributed by atoms with Crippen molar-refractivity contribution < 1.29 is 19.4 Å². The predicted octanol–water partition coefficient (Wildman–Crippen LogP) is 3.89. The van der Waals surface area contributed by atoms with Gasteiger partial charge in [-0.05, 0) is 49.0 Å². The highest BCUT2D eigenvalue weighted by Gasteiger charge is 2.11. The number of hydrogen-bond donors (Lipinski definition) is 2. The first-order chi connectivity index (χ1) is 13.5. The number of methoxy groups -OCH3 is 1. The van der Waals surface area contributed by atoms with Crippen LogP contribution >= 0.6 is 0 Å². The zero-order chi connectivity index (χ0) is 20.5. The van der Waals surface area contributed by atoms with Crippen molar-refractivity contribution in [2.45, 2.75) is 20.4 Å². The molecule has 0 atom stereocenters. The minimum Gasteiger partial charge on any atom is -0.496 e. The van der Waals surface area contributed by atoms with Crippen LogP contribution in [0.15, 0.2) is 48.5 Å². The predicted molar refractivity (Wildman–Crippen MR) is 111 cm³/mol. The Labute approximate surface area is 165 Å². The fraction of sp³-hybridized carbons (Fsp3) is 0.273. The molecule has 0 spiro atoms. The SMILES string of the molecule is CCN(CC)Cc1cc(/C=C/C(=O)Nc2ccccc2C(=O)O)ccc1OC. The Balaban J connectivity index is 2.15. The van der Waals surface area contributed by atoms with Gasteiger partial charge in [0.15, 0.2) is 0 Å². The van der Waals surface area contributed by atoms with Gasteiger partial charge in [-0.3, -0.25) is 9.69 Å². The molecule has 0 bridgehead atoms. The van der Waals surface area contributed by atoms with Crippen molar-refractivity contribution in [3.8, 4) is 5.75 Å². The smallest absolute Gasteiger partial charge is 0.337 e. The van der Waals surface area contributed by atoms with Crippen LogP contribution in [0.4, 0.5) is 5.69 Å². The van der Waals surface area contributed by atoms with E-state index in [1.54, 1.807) is 31.4 Å². The fourth-order valence-electron chi connectivity index (χ4n) is 2.84. The van der Waals surface area contributed by atoms with E-state index in [4.69, 9.17) is 4.74 Å². The summed E-state index contributed by atoms with van der Waals surface area (Å²) >= 11 is 0. The van der Waals surface area contributed by atoms with E-state index in [1.807, 2.05) is 18.2 Å². The molecule has 2 aromatic rings. The summed E-state index contributed by atoms with van der Waals surface area (Å²) in [5.41, 5.74) is 2.23. The maximum absolute atomic E-state index is 12.2. The molecule has 0 saturated heterocycles. The topological polar surface area (TPSA) is 78.9 Å². The van der Waals surface area contributed by atoms with E-state index in [1.165, 1.54) is 12.1 Å². The average Bonchev–Trinajstić information content (AvgIpc) is 2.70. The largest absolute Gasteiger partial charge is 0.496 e. The van der Waals surface area contributed by atoms with Crippen molar-refractivity contribution in [2.75, 3.05) is 25.5 Å². The first-order valence-electron chi connectivity index (χ1n) is 9.19. The second-order valence-electron chi connectivity index (χ2n) is 6.21. The van der Waals surface area contributed by atoms with Crippen LogP contribution in [0.3, 0.4) is 0 Å². The lowest BCUT2D eigenvalue weighted by atomic mass is 10.1. The second-order valence-corrected chi connectivity index (χ2v) is 6.21. The Kier molecular flexibility index (Phi) is 7.77. The number of carboxylic acid groups (broad SMARTS) is 1. The van der Waals surface area contributed by atoms with Crippen LogP contribution in [-0.4, -0.2) is 42.1 Å². The fourth-order valence-corrected chi connectivity index (χ4v) is 2.84. The molecule has 6 heteroatoms. The maximum atomic E-state index is 12.2. The van der Waals surface area contributed by atoms with Gasteiger partial charge in [0.05, 0.1) is 18.4 Å². The molecule has 2 N–H and O–H groups in total. The lowest BCUT2D eigenvalue weighted by molar-refractivity contribution is -0.111. The standard InChI is InChI=1S/C22H26N2O4/c1-4-24(5-2)15-17-14-16(10-12-20(17)28-3)11-13-21(25)23-19-9-7-6-8-18(19)22(26)27/h6-14H,4-5,15H2,1-3H3,(H,23,25)(H,26,27)/b13-11+. The van der Waals surface area contributed by atoms with E-state index in [0.29, 0.717) is 0 Å². The normalized spacial score (nSPS) is 11.0. The van der Waals surface area contributed by atoms with Gasteiger partial charge in [0.25, 0.3) is 0 Å². The number of carbonyl (C=O) groups excluding carboxylic acids is 1. The van der Waals surface area contributed by atoms with Gasteiger partial charge in [0, 0.05) is 18.2 Å². The quantitative estimate of drug-likeness (QED) is 0.644. The van der Waals surface area contributed by atoms with E-state index >= 15 is 0 Å². The van der Waals surface area contributed by atoms with Crippen molar-refractivity contribution in [3.63, 3.8) is 0 Å². The van der Waals surface area contributed by atoms with E-state index < -0.39 is 11.9 Å². The highest BCUT2D eigenvalue weighted by molar-refractivity contribution is 6.06. The first-order valence-corrected chi connectivity index (χ1v) is 9.19. The van der Waals surface area contributed by atoms with Crippen LogP contribution in [-0.2, 0) is 11.3 Å². The number of amides is 1. The summed E-state index contributed by atoms with van der Waals surface area (Å²) < 4.78 is 5.44. The Bertz CT molecular complexity index is 857. The van der Waals surface area contributed by atoms with Gasteiger partial charge < -0.3 is 15.2 Å². The Morgan fingerprint density at radius 1 is 1.14 bits per heavy atom. The Hall–Kier alpha value is -3.12. The average molecular weight is 382 g/mol. The summed E-state index contributed by atoms with van der Waals surface area (Å²) in [6, 6.07) is 12.1. The number of nitrogens with one attached hydrogen (secondary N) is 1. The summed E-state index contributed by atoms with van der Waals surface area (Å²) in [6.07, 6.45) is 3.09. The van der Waals surface area contributed by atoms with E-state index in [2.05, 4.69) is 24.1 Å². The van der Waals surface area contributed by atoms with Crippen molar-refractivity contribution in [1.82, 2.24) is 4.90 Å². The number of hydrogen-bond acceptors (Lipinski definition) is 4. The number of rotatable bonds is 9. The number of carboxylic acids is 1. The van der Waals surface area contributed by atoms with E-state index in [9.17, 15) is 14.7 Å². The molecule has 0 aliphatic rings. The van der Waals surface area contributed by atoms with Crippen molar-refractivity contribution in [2.24, 2.45) is 0 Å². The molecule has 0 radical (unpaired) electrons. The number of carbonyl (C=O) groups is 2. The van der Waals surface area contributed by atoms with Gasteiger partial charge in [0.2, 0.25) is 5.91 Å². The number of aromatic carboxylic acids is 1. The Morgan fingerprint density at radius 3 is 2.50 bits per heavy atom. The summed E-state index contributed by atoms with van der Waals surface area (Å²) in [5.74, 6) is -0.672. The summed E-state index contributed by atoms with van der Waals surface area (Å²) in [6.45, 7) is 6.85. The molecule has 2 aromatic carbocycles.